The Bertz CT molecular complexity index is 786. The van der Waals surface area contributed by atoms with Crippen LogP contribution in [0.1, 0.15) is 16.2 Å². The lowest BCUT2D eigenvalue weighted by molar-refractivity contribution is 0.0686. The van der Waals surface area contributed by atoms with E-state index in [-0.39, 0.29) is 5.69 Å². The SMILES string of the molecule is Cc1nn(C)c2cccc(-c3cc(C(=O)O)no3)c12. The molecule has 0 atom stereocenters. The highest BCUT2D eigenvalue weighted by Crippen LogP contribution is 2.31. The van der Waals surface area contributed by atoms with E-state index >= 15 is 0 Å². The number of aromatic nitrogens is 3. The summed E-state index contributed by atoms with van der Waals surface area (Å²) in [6.45, 7) is 1.90. The molecule has 6 heteroatoms. The third-order valence-electron chi connectivity index (χ3n) is 3.05. The standard InChI is InChI=1S/C13H11N3O3/c1-7-12-8(4-3-5-10(12)16(2)14-7)11-6-9(13(17)18)15-19-11/h3-6H,1-2H3,(H,17,18). The number of aromatic carboxylic acids is 1. The van der Waals surface area contributed by atoms with E-state index < -0.39 is 5.97 Å². The van der Waals surface area contributed by atoms with Gasteiger partial charge in [0.25, 0.3) is 0 Å². The Morgan fingerprint density at radius 3 is 2.89 bits per heavy atom. The average molecular weight is 257 g/mol. The number of fused-ring (bicyclic) bond motifs is 1. The molecule has 2 aromatic heterocycles. The number of rotatable bonds is 2. The van der Waals surface area contributed by atoms with Gasteiger partial charge in [-0.1, -0.05) is 17.3 Å². The van der Waals surface area contributed by atoms with Gasteiger partial charge in [0.05, 0.1) is 11.2 Å². The van der Waals surface area contributed by atoms with Gasteiger partial charge in [0.2, 0.25) is 0 Å². The number of aryl methyl sites for hydroxylation is 2. The summed E-state index contributed by atoms with van der Waals surface area (Å²) in [7, 11) is 1.86. The predicted molar refractivity (Wildman–Crippen MR) is 67.9 cm³/mol. The largest absolute Gasteiger partial charge is 0.476 e. The molecule has 0 aliphatic heterocycles. The fraction of sp³-hybridized carbons (Fsp3) is 0.154. The molecule has 0 saturated heterocycles. The van der Waals surface area contributed by atoms with Crippen LogP contribution in [0.15, 0.2) is 28.8 Å². The summed E-state index contributed by atoms with van der Waals surface area (Å²) in [6.07, 6.45) is 0. The van der Waals surface area contributed by atoms with Crippen LogP contribution in [0.25, 0.3) is 22.2 Å². The van der Waals surface area contributed by atoms with Crippen LogP contribution in [-0.4, -0.2) is 26.0 Å². The van der Waals surface area contributed by atoms with E-state index in [4.69, 9.17) is 9.63 Å². The van der Waals surface area contributed by atoms with Crippen LogP contribution in [0.3, 0.4) is 0 Å². The van der Waals surface area contributed by atoms with Crippen molar-refractivity contribution in [2.75, 3.05) is 0 Å². The highest BCUT2D eigenvalue weighted by Gasteiger charge is 2.16. The molecule has 0 unspecified atom stereocenters. The van der Waals surface area contributed by atoms with Crippen LogP contribution in [-0.2, 0) is 7.05 Å². The first kappa shape index (κ1) is 11.5. The molecule has 3 aromatic rings. The molecule has 19 heavy (non-hydrogen) atoms. The minimum Gasteiger partial charge on any atom is -0.476 e. The van der Waals surface area contributed by atoms with Crippen LogP contribution in [0.4, 0.5) is 0 Å². The number of hydrogen-bond donors (Lipinski definition) is 1. The molecule has 6 nitrogen and oxygen atoms in total. The molecule has 96 valence electrons. The smallest absolute Gasteiger partial charge is 0.358 e. The maximum Gasteiger partial charge on any atom is 0.358 e. The Labute approximate surface area is 108 Å². The molecule has 0 aliphatic carbocycles. The number of benzene rings is 1. The van der Waals surface area contributed by atoms with Crippen LogP contribution < -0.4 is 0 Å². The van der Waals surface area contributed by atoms with Crippen molar-refractivity contribution >= 4 is 16.9 Å². The van der Waals surface area contributed by atoms with Gasteiger partial charge in [0.15, 0.2) is 11.5 Å². The second-order valence-electron chi connectivity index (χ2n) is 4.29. The van der Waals surface area contributed by atoms with Crippen molar-refractivity contribution in [2.45, 2.75) is 6.92 Å². The topological polar surface area (TPSA) is 81.2 Å². The van der Waals surface area contributed by atoms with E-state index in [1.54, 1.807) is 4.68 Å². The van der Waals surface area contributed by atoms with E-state index in [2.05, 4.69) is 10.3 Å². The maximum atomic E-state index is 10.8. The molecule has 0 bridgehead atoms. The van der Waals surface area contributed by atoms with Gasteiger partial charge in [-0.05, 0) is 13.0 Å². The fourth-order valence-electron chi connectivity index (χ4n) is 2.23. The van der Waals surface area contributed by atoms with Crippen molar-refractivity contribution in [3.05, 3.63) is 35.7 Å². The molecule has 0 spiro atoms. The zero-order valence-electron chi connectivity index (χ0n) is 10.4. The lowest BCUT2D eigenvalue weighted by Crippen LogP contribution is -1.94. The molecule has 1 N–H and O–H groups in total. The summed E-state index contributed by atoms with van der Waals surface area (Å²) in [6, 6.07) is 7.11. The molecule has 0 fully saturated rings. The Morgan fingerprint density at radius 2 is 2.21 bits per heavy atom. The van der Waals surface area contributed by atoms with Crippen molar-refractivity contribution in [3.63, 3.8) is 0 Å². The van der Waals surface area contributed by atoms with Gasteiger partial charge in [-0.3, -0.25) is 4.68 Å². The van der Waals surface area contributed by atoms with E-state index in [0.717, 1.165) is 22.2 Å². The first-order chi connectivity index (χ1) is 9.08. The maximum absolute atomic E-state index is 10.8. The normalized spacial score (nSPS) is 11.1. The summed E-state index contributed by atoms with van der Waals surface area (Å²) in [4.78, 5) is 10.8. The number of carboxylic acids is 1. The fourth-order valence-corrected chi connectivity index (χ4v) is 2.23. The van der Waals surface area contributed by atoms with Crippen LogP contribution in [0.2, 0.25) is 0 Å². The molecular weight excluding hydrogens is 246 g/mol. The highest BCUT2D eigenvalue weighted by molar-refractivity contribution is 5.96. The lowest BCUT2D eigenvalue weighted by atomic mass is 10.1. The second-order valence-corrected chi connectivity index (χ2v) is 4.29. The second kappa shape index (κ2) is 3.94. The Balaban J connectivity index is 2.27. The van der Waals surface area contributed by atoms with Crippen molar-refractivity contribution in [3.8, 4) is 11.3 Å². The molecule has 2 heterocycles. The minimum absolute atomic E-state index is 0.103. The van der Waals surface area contributed by atoms with E-state index in [1.807, 2.05) is 32.2 Å². The quantitative estimate of drug-likeness (QED) is 0.761. The lowest BCUT2D eigenvalue weighted by Gasteiger charge is -1.99. The molecule has 0 amide bonds. The molecule has 3 rings (SSSR count). The van der Waals surface area contributed by atoms with Gasteiger partial charge in [-0.15, -0.1) is 0 Å². The van der Waals surface area contributed by atoms with E-state index in [1.165, 1.54) is 6.07 Å². The molecule has 0 aliphatic rings. The van der Waals surface area contributed by atoms with Gasteiger partial charge < -0.3 is 9.63 Å². The van der Waals surface area contributed by atoms with Crippen molar-refractivity contribution < 1.29 is 14.4 Å². The van der Waals surface area contributed by atoms with Gasteiger partial charge in [0.1, 0.15) is 0 Å². The zero-order chi connectivity index (χ0) is 13.6. The Hall–Kier alpha value is -2.63. The summed E-state index contributed by atoms with van der Waals surface area (Å²) >= 11 is 0. The van der Waals surface area contributed by atoms with Crippen molar-refractivity contribution in [1.82, 2.24) is 14.9 Å². The monoisotopic (exact) mass is 257 g/mol. The van der Waals surface area contributed by atoms with Crippen molar-refractivity contribution in [1.29, 1.82) is 0 Å². The average Bonchev–Trinajstić information content (AvgIpc) is 2.96. The minimum atomic E-state index is -1.11. The zero-order valence-corrected chi connectivity index (χ0v) is 10.4. The molecule has 1 aromatic carbocycles. The molecule has 0 radical (unpaired) electrons. The number of hydrogen-bond acceptors (Lipinski definition) is 4. The first-order valence-corrected chi connectivity index (χ1v) is 5.70. The number of carbonyl (C=O) groups is 1. The highest BCUT2D eigenvalue weighted by atomic mass is 16.5. The first-order valence-electron chi connectivity index (χ1n) is 5.70. The summed E-state index contributed by atoms with van der Waals surface area (Å²) < 4.78 is 6.90. The summed E-state index contributed by atoms with van der Waals surface area (Å²) in [5, 5.41) is 17.7. The van der Waals surface area contributed by atoms with Crippen LogP contribution in [0, 0.1) is 6.92 Å². The summed E-state index contributed by atoms with van der Waals surface area (Å²) in [5.41, 5.74) is 2.52. The molecule has 0 saturated carbocycles. The van der Waals surface area contributed by atoms with Gasteiger partial charge >= 0.3 is 5.97 Å². The number of carboxylic acid groups (broad SMARTS) is 1. The predicted octanol–water partition coefficient (Wildman–Crippen LogP) is 2.23. The van der Waals surface area contributed by atoms with E-state index in [9.17, 15) is 4.79 Å². The van der Waals surface area contributed by atoms with Gasteiger partial charge in [-0.2, -0.15) is 5.10 Å². The van der Waals surface area contributed by atoms with Crippen LogP contribution in [0.5, 0.6) is 0 Å². The van der Waals surface area contributed by atoms with Gasteiger partial charge in [0, 0.05) is 24.1 Å². The third-order valence-corrected chi connectivity index (χ3v) is 3.05. The van der Waals surface area contributed by atoms with Crippen molar-refractivity contribution in [2.24, 2.45) is 7.05 Å². The van der Waals surface area contributed by atoms with E-state index in [0.29, 0.717) is 5.76 Å². The van der Waals surface area contributed by atoms with Crippen LogP contribution >= 0.6 is 0 Å². The van der Waals surface area contributed by atoms with Gasteiger partial charge in [-0.25, -0.2) is 4.79 Å². The molecular formula is C13H11N3O3. The Morgan fingerprint density at radius 1 is 1.42 bits per heavy atom. The third kappa shape index (κ3) is 1.69. The number of nitrogens with zero attached hydrogens (tertiary/aromatic N) is 3. The Kier molecular flexibility index (Phi) is 2.38. The summed E-state index contributed by atoms with van der Waals surface area (Å²) in [5.74, 6) is -0.677.